The molecule has 3 heterocycles. The number of para-hydroxylation sites is 2. The molecule has 0 saturated heterocycles. The Bertz CT molecular complexity index is 3440. The Morgan fingerprint density at radius 2 is 1.00 bits per heavy atom. The lowest BCUT2D eigenvalue weighted by atomic mass is 9.70. The van der Waals surface area contributed by atoms with E-state index in [0.717, 1.165) is 49.5 Å². The van der Waals surface area contributed by atoms with Crippen molar-refractivity contribution in [3.05, 3.63) is 204 Å². The highest BCUT2D eigenvalue weighted by molar-refractivity contribution is 6.18. The molecular weight excluding hydrogens is 697 g/mol. The van der Waals surface area contributed by atoms with Gasteiger partial charge in [-0.1, -0.05) is 146 Å². The Labute approximate surface area is 327 Å². The first-order valence-electron chi connectivity index (χ1n) is 19.4. The van der Waals surface area contributed by atoms with Gasteiger partial charge in [0, 0.05) is 32.7 Å². The molecule has 0 atom stereocenters. The third-order valence-electron chi connectivity index (χ3n) is 12.3. The summed E-state index contributed by atoms with van der Waals surface area (Å²) in [6.45, 7) is 0. The summed E-state index contributed by atoms with van der Waals surface area (Å²) in [4.78, 5) is 15.7. The van der Waals surface area contributed by atoms with Crippen LogP contribution in [0.3, 0.4) is 0 Å². The van der Waals surface area contributed by atoms with Gasteiger partial charge in [-0.3, -0.25) is 4.57 Å². The SMILES string of the molecule is c1ccc(-c2nc(-c3ccc4oc5ccccc5c4c3)nc(-n3c4ccccc4c4c5c(ccc43)C3(c4ccccc4-c4ccccc43)c3ccccc3-5)n2)cc1. The minimum Gasteiger partial charge on any atom is -0.456 e. The minimum absolute atomic E-state index is 0.437. The number of hydrogen-bond donors (Lipinski definition) is 0. The number of rotatable bonds is 3. The van der Waals surface area contributed by atoms with Crippen LogP contribution in [-0.4, -0.2) is 19.5 Å². The molecule has 264 valence electrons. The van der Waals surface area contributed by atoms with Crippen LogP contribution in [0.4, 0.5) is 0 Å². The zero-order valence-electron chi connectivity index (χ0n) is 30.5. The molecule has 11 aromatic rings. The van der Waals surface area contributed by atoms with Crippen LogP contribution in [-0.2, 0) is 5.41 Å². The number of aromatic nitrogens is 4. The van der Waals surface area contributed by atoms with Crippen molar-refractivity contribution < 1.29 is 4.42 Å². The summed E-state index contributed by atoms with van der Waals surface area (Å²) in [5.41, 5.74) is 15.6. The predicted octanol–water partition coefficient (Wildman–Crippen LogP) is 12.5. The van der Waals surface area contributed by atoms with Crippen molar-refractivity contribution in [1.82, 2.24) is 19.5 Å². The monoisotopic (exact) mass is 726 g/mol. The summed E-state index contributed by atoms with van der Waals surface area (Å²) in [5.74, 6) is 1.78. The van der Waals surface area contributed by atoms with Crippen molar-refractivity contribution in [2.75, 3.05) is 0 Å². The van der Waals surface area contributed by atoms with Gasteiger partial charge in [-0.15, -0.1) is 0 Å². The van der Waals surface area contributed by atoms with Gasteiger partial charge in [-0.05, 0) is 80.9 Å². The van der Waals surface area contributed by atoms with Crippen LogP contribution in [0, 0.1) is 0 Å². The van der Waals surface area contributed by atoms with Crippen LogP contribution in [0.2, 0.25) is 0 Å². The summed E-state index contributed by atoms with van der Waals surface area (Å²) >= 11 is 0. The van der Waals surface area contributed by atoms with Gasteiger partial charge in [0.05, 0.1) is 16.4 Å². The van der Waals surface area contributed by atoms with Crippen molar-refractivity contribution in [2.24, 2.45) is 0 Å². The molecule has 13 rings (SSSR count). The van der Waals surface area contributed by atoms with Gasteiger partial charge in [-0.25, -0.2) is 4.98 Å². The Balaban J connectivity index is 1.12. The van der Waals surface area contributed by atoms with E-state index in [-0.39, 0.29) is 0 Å². The number of nitrogens with zero attached hydrogens (tertiary/aromatic N) is 4. The molecule has 3 aromatic heterocycles. The maximum atomic E-state index is 6.19. The van der Waals surface area contributed by atoms with Crippen molar-refractivity contribution in [3.63, 3.8) is 0 Å². The quantitative estimate of drug-likeness (QED) is 0.182. The highest BCUT2D eigenvalue weighted by Crippen LogP contribution is 2.64. The van der Waals surface area contributed by atoms with Crippen molar-refractivity contribution in [3.8, 4) is 51.0 Å². The second-order valence-electron chi connectivity index (χ2n) is 15.1. The average molecular weight is 727 g/mol. The normalized spacial score (nSPS) is 13.4. The Hall–Kier alpha value is -7.63. The first-order chi connectivity index (χ1) is 28.3. The smallest absolute Gasteiger partial charge is 0.238 e. The summed E-state index contributed by atoms with van der Waals surface area (Å²) in [7, 11) is 0. The fraction of sp³-hybridized carbons (Fsp3) is 0.0192. The molecule has 0 fully saturated rings. The van der Waals surface area contributed by atoms with Gasteiger partial charge in [0.1, 0.15) is 11.2 Å². The number of furan rings is 1. The Kier molecular flexibility index (Phi) is 6.04. The second-order valence-corrected chi connectivity index (χ2v) is 15.1. The molecule has 0 saturated carbocycles. The molecule has 8 aromatic carbocycles. The number of benzene rings is 8. The van der Waals surface area contributed by atoms with Crippen molar-refractivity contribution >= 4 is 43.7 Å². The zero-order valence-corrected chi connectivity index (χ0v) is 30.5. The predicted molar refractivity (Wildman–Crippen MR) is 229 cm³/mol. The van der Waals surface area contributed by atoms with Crippen LogP contribution >= 0.6 is 0 Å². The molecule has 5 heteroatoms. The van der Waals surface area contributed by atoms with Crippen LogP contribution in [0.25, 0.3) is 94.7 Å². The Morgan fingerprint density at radius 1 is 0.404 bits per heavy atom. The maximum Gasteiger partial charge on any atom is 0.238 e. The van der Waals surface area contributed by atoms with E-state index < -0.39 is 5.41 Å². The van der Waals surface area contributed by atoms with Gasteiger partial charge in [0.15, 0.2) is 11.6 Å². The first kappa shape index (κ1) is 30.7. The summed E-state index contributed by atoms with van der Waals surface area (Å²) in [5, 5.41) is 4.45. The van der Waals surface area contributed by atoms with Crippen LogP contribution in [0.5, 0.6) is 0 Å². The van der Waals surface area contributed by atoms with E-state index in [1.165, 1.54) is 49.9 Å². The van der Waals surface area contributed by atoms with E-state index in [1.807, 2.05) is 48.5 Å². The van der Waals surface area contributed by atoms with Crippen LogP contribution in [0.1, 0.15) is 22.3 Å². The van der Waals surface area contributed by atoms with E-state index in [2.05, 4.69) is 138 Å². The van der Waals surface area contributed by atoms with Gasteiger partial charge in [0.2, 0.25) is 5.95 Å². The standard InChI is InChI=1S/C52H30N4O/c1-2-14-31(15-3-1)49-53-50(32-26-29-46-38(30-32)35-18-8-13-25-45(35)57-46)55-51(54-49)56-43-24-12-7-20-37(43)48-44(56)28-27-42-47(48)36-19-6-11-23-41(36)52(42)39-21-9-4-16-33(39)34-17-5-10-22-40(34)52/h1-30H. The third kappa shape index (κ3) is 3.99. The molecule has 0 aliphatic heterocycles. The summed E-state index contributed by atoms with van der Waals surface area (Å²) in [6.07, 6.45) is 0. The summed E-state index contributed by atoms with van der Waals surface area (Å²) < 4.78 is 8.43. The maximum absolute atomic E-state index is 6.19. The minimum atomic E-state index is -0.437. The topological polar surface area (TPSA) is 56.7 Å². The molecule has 2 aliphatic carbocycles. The third-order valence-corrected chi connectivity index (χ3v) is 12.3. The fourth-order valence-electron chi connectivity index (χ4n) is 10.0. The highest BCUT2D eigenvalue weighted by Gasteiger charge is 2.52. The first-order valence-corrected chi connectivity index (χ1v) is 19.4. The van der Waals surface area contributed by atoms with Gasteiger partial charge in [-0.2, -0.15) is 9.97 Å². The largest absolute Gasteiger partial charge is 0.456 e. The second kappa shape index (κ2) is 11.2. The molecule has 0 amide bonds. The zero-order chi connectivity index (χ0) is 37.2. The van der Waals surface area contributed by atoms with E-state index in [9.17, 15) is 0 Å². The van der Waals surface area contributed by atoms with E-state index in [0.29, 0.717) is 17.6 Å². The van der Waals surface area contributed by atoms with Gasteiger partial charge in [0.25, 0.3) is 0 Å². The van der Waals surface area contributed by atoms with Gasteiger partial charge >= 0.3 is 0 Å². The highest BCUT2D eigenvalue weighted by atomic mass is 16.3. The lowest BCUT2D eigenvalue weighted by molar-refractivity contribution is 0.669. The van der Waals surface area contributed by atoms with Gasteiger partial charge < -0.3 is 4.42 Å². The van der Waals surface area contributed by atoms with Crippen molar-refractivity contribution in [1.29, 1.82) is 0 Å². The fourth-order valence-corrected chi connectivity index (χ4v) is 10.0. The van der Waals surface area contributed by atoms with Crippen molar-refractivity contribution in [2.45, 2.75) is 5.41 Å². The molecule has 0 unspecified atom stereocenters. The molecular formula is C52H30N4O. The average Bonchev–Trinajstić information content (AvgIpc) is 4.00. The lowest BCUT2D eigenvalue weighted by Gasteiger charge is -2.30. The molecule has 57 heavy (non-hydrogen) atoms. The molecule has 5 nitrogen and oxygen atoms in total. The number of fused-ring (bicyclic) bond motifs is 17. The molecule has 0 N–H and O–H groups in total. The molecule has 0 bridgehead atoms. The molecule has 0 radical (unpaired) electrons. The molecule has 1 spiro atoms. The van der Waals surface area contributed by atoms with Crippen LogP contribution in [0.15, 0.2) is 186 Å². The van der Waals surface area contributed by atoms with Crippen LogP contribution < -0.4 is 0 Å². The van der Waals surface area contributed by atoms with E-state index in [4.69, 9.17) is 19.4 Å². The van der Waals surface area contributed by atoms with E-state index >= 15 is 0 Å². The summed E-state index contributed by atoms with van der Waals surface area (Å²) in [6, 6.07) is 64.8. The van der Waals surface area contributed by atoms with E-state index in [1.54, 1.807) is 0 Å². The lowest BCUT2D eigenvalue weighted by Crippen LogP contribution is -2.25. The number of hydrogen-bond acceptors (Lipinski definition) is 4. The molecule has 2 aliphatic rings. The Morgan fingerprint density at radius 3 is 1.77 bits per heavy atom.